The Morgan fingerprint density at radius 3 is 2.22 bits per heavy atom. The minimum atomic E-state index is -1.83. The Hall–Kier alpha value is -1.59. The molecule has 1 saturated carbocycles. The maximum Gasteiger partial charge on any atom is 0.199 e. The van der Waals surface area contributed by atoms with Crippen molar-refractivity contribution in [1.29, 1.82) is 0 Å². The lowest BCUT2D eigenvalue weighted by Crippen LogP contribution is -2.08. The second-order valence-corrected chi connectivity index (χ2v) is 4.20. The third-order valence-electron chi connectivity index (χ3n) is 2.87. The highest BCUT2D eigenvalue weighted by atomic mass is 19.2. The first-order valence-electron chi connectivity index (χ1n) is 5.74. The Balaban J connectivity index is 2.19. The third-order valence-corrected chi connectivity index (χ3v) is 2.87. The van der Waals surface area contributed by atoms with Gasteiger partial charge in [-0.1, -0.05) is 6.42 Å². The predicted octanol–water partition coefficient (Wildman–Crippen LogP) is 3.98. The Morgan fingerprint density at radius 2 is 1.56 bits per heavy atom. The molecule has 1 fully saturated rings. The van der Waals surface area contributed by atoms with Crippen molar-refractivity contribution in [2.24, 2.45) is 5.10 Å². The summed E-state index contributed by atoms with van der Waals surface area (Å²) in [5.41, 5.74) is 2.59. The lowest BCUT2D eigenvalue weighted by Gasteiger charge is -2.12. The van der Waals surface area contributed by atoms with E-state index < -0.39 is 29.0 Å². The second kappa shape index (κ2) is 5.37. The Morgan fingerprint density at radius 1 is 0.889 bits per heavy atom. The van der Waals surface area contributed by atoms with Crippen LogP contribution in [0.25, 0.3) is 0 Å². The summed E-state index contributed by atoms with van der Waals surface area (Å²) in [6, 6.07) is 0.556. The van der Waals surface area contributed by atoms with E-state index in [9.17, 15) is 17.6 Å². The van der Waals surface area contributed by atoms with Crippen LogP contribution >= 0.6 is 0 Å². The van der Waals surface area contributed by atoms with Gasteiger partial charge in [0.05, 0.1) is 5.69 Å². The zero-order valence-corrected chi connectivity index (χ0v) is 9.57. The second-order valence-electron chi connectivity index (χ2n) is 4.20. The predicted molar refractivity (Wildman–Crippen MR) is 60.4 cm³/mol. The number of benzene rings is 1. The van der Waals surface area contributed by atoms with E-state index in [2.05, 4.69) is 10.5 Å². The fraction of sp³-hybridized carbons (Fsp3) is 0.417. The van der Waals surface area contributed by atoms with Crippen molar-refractivity contribution in [1.82, 2.24) is 0 Å². The van der Waals surface area contributed by atoms with Crippen molar-refractivity contribution >= 4 is 11.4 Å². The van der Waals surface area contributed by atoms with Gasteiger partial charge in [0.1, 0.15) is 0 Å². The maximum atomic E-state index is 13.3. The average molecular weight is 260 g/mol. The first kappa shape index (κ1) is 12.9. The van der Waals surface area contributed by atoms with Gasteiger partial charge >= 0.3 is 0 Å². The quantitative estimate of drug-likeness (QED) is 0.370. The van der Waals surface area contributed by atoms with Gasteiger partial charge in [-0.2, -0.15) is 5.10 Å². The normalized spacial score (nSPS) is 15.7. The van der Waals surface area contributed by atoms with Crippen LogP contribution in [0.5, 0.6) is 0 Å². The van der Waals surface area contributed by atoms with E-state index in [1.807, 2.05) is 0 Å². The summed E-state index contributed by atoms with van der Waals surface area (Å²) in [5.74, 6) is -6.56. The minimum Gasteiger partial charge on any atom is -0.275 e. The number of nitrogens with zero attached hydrogens (tertiary/aromatic N) is 1. The largest absolute Gasteiger partial charge is 0.275 e. The molecule has 0 aromatic heterocycles. The molecule has 1 aliphatic carbocycles. The third kappa shape index (κ3) is 2.63. The first-order valence-corrected chi connectivity index (χ1v) is 5.74. The van der Waals surface area contributed by atoms with E-state index in [1.54, 1.807) is 0 Å². The molecule has 0 aliphatic heterocycles. The van der Waals surface area contributed by atoms with Gasteiger partial charge in [0, 0.05) is 11.8 Å². The SMILES string of the molecule is Fc1cc(NN=C2CCCCC2)c(F)c(F)c1F. The number of hydrazone groups is 1. The molecule has 0 spiro atoms. The van der Waals surface area contributed by atoms with Gasteiger partial charge in [0.15, 0.2) is 23.3 Å². The lowest BCUT2D eigenvalue weighted by atomic mass is 9.99. The highest BCUT2D eigenvalue weighted by molar-refractivity contribution is 5.85. The molecular weight excluding hydrogens is 248 g/mol. The summed E-state index contributed by atoms with van der Waals surface area (Å²) < 4.78 is 51.9. The molecule has 1 aromatic carbocycles. The summed E-state index contributed by atoms with van der Waals surface area (Å²) in [7, 11) is 0. The minimum absolute atomic E-state index is 0.496. The number of halogens is 4. The van der Waals surface area contributed by atoms with E-state index in [1.165, 1.54) is 0 Å². The molecule has 18 heavy (non-hydrogen) atoms. The molecule has 0 saturated heterocycles. The van der Waals surface area contributed by atoms with Crippen LogP contribution in [0.2, 0.25) is 0 Å². The highest BCUT2D eigenvalue weighted by Gasteiger charge is 2.18. The van der Waals surface area contributed by atoms with Crippen LogP contribution in [-0.4, -0.2) is 5.71 Å². The smallest absolute Gasteiger partial charge is 0.199 e. The van der Waals surface area contributed by atoms with Gasteiger partial charge in [0.25, 0.3) is 0 Å². The molecule has 0 bridgehead atoms. The molecule has 6 heteroatoms. The van der Waals surface area contributed by atoms with Crippen LogP contribution in [0, 0.1) is 23.3 Å². The van der Waals surface area contributed by atoms with E-state index >= 15 is 0 Å². The Kier molecular flexibility index (Phi) is 3.84. The van der Waals surface area contributed by atoms with Crippen molar-refractivity contribution in [2.45, 2.75) is 32.1 Å². The van der Waals surface area contributed by atoms with E-state index in [0.29, 0.717) is 6.07 Å². The topological polar surface area (TPSA) is 24.4 Å². The molecule has 0 heterocycles. The molecule has 0 radical (unpaired) electrons. The van der Waals surface area contributed by atoms with Gasteiger partial charge in [-0.25, -0.2) is 17.6 Å². The maximum absolute atomic E-state index is 13.3. The van der Waals surface area contributed by atoms with Crippen LogP contribution in [-0.2, 0) is 0 Å². The molecule has 2 nitrogen and oxygen atoms in total. The zero-order chi connectivity index (χ0) is 13.1. The van der Waals surface area contributed by atoms with Crippen molar-refractivity contribution < 1.29 is 17.6 Å². The molecule has 1 aromatic rings. The number of nitrogens with one attached hydrogen (secondary N) is 1. The molecule has 0 unspecified atom stereocenters. The zero-order valence-electron chi connectivity index (χ0n) is 9.57. The lowest BCUT2D eigenvalue weighted by molar-refractivity contribution is 0.411. The Labute approximate surface area is 102 Å². The van der Waals surface area contributed by atoms with E-state index in [0.717, 1.165) is 37.8 Å². The molecular formula is C12H12F4N2. The van der Waals surface area contributed by atoms with Crippen molar-refractivity contribution in [2.75, 3.05) is 5.43 Å². The molecule has 0 atom stereocenters. The molecule has 1 N–H and O–H groups in total. The van der Waals surface area contributed by atoms with E-state index in [-0.39, 0.29) is 0 Å². The summed E-state index contributed by atoms with van der Waals surface area (Å²) in [4.78, 5) is 0. The van der Waals surface area contributed by atoms with Crippen LogP contribution in [0.15, 0.2) is 11.2 Å². The van der Waals surface area contributed by atoms with Gasteiger partial charge < -0.3 is 0 Å². The first-order chi connectivity index (χ1) is 8.59. The molecule has 1 aliphatic rings. The van der Waals surface area contributed by atoms with Crippen molar-refractivity contribution in [3.8, 4) is 0 Å². The van der Waals surface area contributed by atoms with Gasteiger partial charge in [-0.3, -0.25) is 5.43 Å². The van der Waals surface area contributed by atoms with Gasteiger partial charge in [-0.05, 0) is 25.7 Å². The molecule has 2 rings (SSSR count). The molecule has 0 amide bonds. The monoisotopic (exact) mass is 260 g/mol. The fourth-order valence-corrected chi connectivity index (χ4v) is 1.87. The number of hydrogen-bond acceptors (Lipinski definition) is 2. The number of rotatable bonds is 2. The van der Waals surface area contributed by atoms with E-state index in [4.69, 9.17) is 0 Å². The summed E-state index contributed by atoms with van der Waals surface area (Å²) in [6.07, 6.45) is 4.67. The van der Waals surface area contributed by atoms with Crippen LogP contribution in [0.1, 0.15) is 32.1 Å². The number of hydrogen-bond donors (Lipinski definition) is 1. The van der Waals surface area contributed by atoms with Gasteiger partial charge in [0.2, 0.25) is 0 Å². The summed E-state index contributed by atoms with van der Waals surface area (Å²) in [5, 5.41) is 3.90. The van der Waals surface area contributed by atoms with Crippen molar-refractivity contribution in [3.05, 3.63) is 29.3 Å². The number of anilines is 1. The summed E-state index contributed by atoms with van der Waals surface area (Å²) >= 11 is 0. The summed E-state index contributed by atoms with van der Waals surface area (Å²) in [6.45, 7) is 0. The highest BCUT2D eigenvalue weighted by Crippen LogP contribution is 2.23. The average Bonchev–Trinajstić information content (AvgIpc) is 2.40. The van der Waals surface area contributed by atoms with Gasteiger partial charge in [-0.15, -0.1) is 0 Å². The molecule has 98 valence electrons. The fourth-order valence-electron chi connectivity index (χ4n) is 1.87. The van der Waals surface area contributed by atoms with Crippen LogP contribution < -0.4 is 5.43 Å². The van der Waals surface area contributed by atoms with Crippen molar-refractivity contribution in [3.63, 3.8) is 0 Å². The Bertz CT molecular complexity index is 477. The van der Waals surface area contributed by atoms with Crippen LogP contribution in [0.4, 0.5) is 23.2 Å². The van der Waals surface area contributed by atoms with Crippen LogP contribution in [0.3, 0.4) is 0 Å². The standard InChI is InChI=1S/C12H12F4N2/c13-8-6-9(11(15)12(16)10(8)14)18-17-7-4-2-1-3-5-7/h6,18H,1-5H2.